The van der Waals surface area contributed by atoms with Crippen molar-refractivity contribution in [3.05, 3.63) is 0 Å². The van der Waals surface area contributed by atoms with Crippen molar-refractivity contribution < 1.29 is 18.9 Å². The van der Waals surface area contributed by atoms with Gasteiger partial charge in [-0.2, -0.15) is 0 Å². The van der Waals surface area contributed by atoms with Gasteiger partial charge in [-0.3, -0.25) is 0 Å². The fourth-order valence-electron chi connectivity index (χ4n) is 2.61. The summed E-state index contributed by atoms with van der Waals surface area (Å²) in [6, 6.07) is 0.772. The van der Waals surface area contributed by atoms with Crippen molar-refractivity contribution in [1.29, 1.82) is 0 Å². The molecule has 2 rings (SSSR count). The van der Waals surface area contributed by atoms with Gasteiger partial charge in [-0.15, -0.1) is 0 Å². The van der Waals surface area contributed by atoms with Gasteiger partial charge in [-0.25, -0.2) is 0 Å². The Morgan fingerprint density at radius 2 is 1.24 bits per heavy atom. The van der Waals surface area contributed by atoms with Gasteiger partial charge in [0.05, 0.1) is 46.2 Å². The molecule has 0 unspecified atom stereocenters. The molecule has 1 N–H and O–H groups in total. The highest BCUT2D eigenvalue weighted by Gasteiger charge is 2.40. The summed E-state index contributed by atoms with van der Waals surface area (Å²) < 4.78 is 21.2. The van der Waals surface area contributed by atoms with Crippen LogP contribution < -0.4 is 5.32 Å². The molecular formula is C16H31NO4. The lowest BCUT2D eigenvalue weighted by molar-refractivity contribution is 0.00383. The van der Waals surface area contributed by atoms with Gasteiger partial charge < -0.3 is 24.3 Å². The molecule has 0 heterocycles. The molecule has 2 fully saturated rings. The second-order valence-corrected chi connectivity index (χ2v) is 5.98. The van der Waals surface area contributed by atoms with Gasteiger partial charge in [-0.05, 0) is 37.5 Å². The van der Waals surface area contributed by atoms with Crippen LogP contribution in [-0.4, -0.2) is 65.9 Å². The first-order valence-electron chi connectivity index (χ1n) is 8.37. The van der Waals surface area contributed by atoms with E-state index in [1.807, 2.05) is 0 Å². The molecule has 0 amide bonds. The van der Waals surface area contributed by atoms with E-state index in [-0.39, 0.29) is 0 Å². The molecule has 0 aromatic carbocycles. The van der Waals surface area contributed by atoms with Crippen molar-refractivity contribution in [3.8, 4) is 0 Å². The average molecular weight is 301 g/mol. The third-order valence-corrected chi connectivity index (χ3v) is 4.06. The molecule has 2 saturated carbocycles. The first kappa shape index (κ1) is 17.2. The summed E-state index contributed by atoms with van der Waals surface area (Å²) in [7, 11) is 1.67. The van der Waals surface area contributed by atoms with Crippen LogP contribution in [0.2, 0.25) is 0 Å². The summed E-state index contributed by atoms with van der Waals surface area (Å²) in [6.45, 7) is 5.57. The van der Waals surface area contributed by atoms with Gasteiger partial charge >= 0.3 is 0 Å². The highest BCUT2D eigenvalue weighted by Crippen LogP contribution is 2.44. The summed E-state index contributed by atoms with van der Waals surface area (Å²) in [5.41, 5.74) is 0. The molecule has 124 valence electrons. The van der Waals surface area contributed by atoms with Gasteiger partial charge in [0, 0.05) is 19.7 Å². The normalized spacial score (nSPS) is 18.6. The van der Waals surface area contributed by atoms with Crippen LogP contribution in [0.4, 0.5) is 0 Å². The largest absolute Gasteiger partial charge is 0.382 e. The Morgan fingerprint density at radius 3 is 1.71 bits per heavy atom. The maximum atomic E-state index is 5.58. The first-order chi connectivity index (χ1) is 10.4. The van der Waals surface area contributed by atoms with Crippen molar-refractivity contribution in [2.24, 2.45) is 11.8 Å². The molecule has 2 aliphatic carbocycles. The molecule has 0 spiro atoms. The van der Waals surface area contributed by atoms with Crippen LogP contribution in [0.25, 0.3) is 0 Å². The van der Waals surface area contributed by atoms with Crippen molar-refractivity contribution in [1.82, 2.24) is 5.32 Å². The van der Waals surface area contributed by atoms with E-state index >= 15 is 0 Å². The highest BCUT2D eigenvalue weighted by atomic mass is 16.6. The molecule has 0 aromatic heterocycles. The standard InChI is InChI=1S/C16H31NO4/c1-18-8-9-20-12-13-21-11-10-19-7-6-17-16(14-2-3-14)15-4-5-15/h14-17H,2-13H2,1H3. The monoisotopic (exact) mass is 301 g/mol. The zero-order valence-electron chi connectivity index (χ0n) is 13.4. The lowest BCUT2D eigenvalue weighted by Gasteiger charge is -2.17. The predicted octanol–water partition coefficient (Wildman–Crippen LogP) is 1.46. The van der Waals surface area contributed by atoms with Gasteiger partial charge in [-0.1, -0.05) is 0 Å². The Morgan fingerprint density at radius 1 is 0.762 bits per heavy atom. The Kier molecular flexibility index (Phi) is 8.59. The average Bonchev–Trinajstić information content (AvgIpc) is 3.37. The second kappa shape index (κ2) is 10.5. The maximum Gasteiger partial charge on any atom is 0.0701 e. The van der Waals surface area contributed by atoms with E-state index in [0.29, 0.717) is 39.6 Å². The number of hydrogen-bond donors (Lipinski definition) is 1. The van der Waals surface area contributed by atoms with Gasteiger partial charge in [0.15, 0.2) is 0 Å². The molecule has 0 radical (unpaired) electrons. The highest BCUT2D eigenvalue weighted by molar-refractivity contribution is 4.96. The Bertz CT molecular complexity index is 245. The summed E-state index contributed by atoms with van der Waals surface area (Å²) >= 11 is 0. The maximum absolute atomic E-state index is 5.58. The molecule has 0 aromatic rings. The lowest BCUT2D eigenvalue weighted by Crippen LogP contribution is -2.35. The molecule has 0 bridgehead atoms. The van der Waals surface area contributed by atoms with E-state index in [1.54, 1.807) is 7.11 Å². The molecule has 0 saturated heterocycles. The smallest absolute Gasteiger partial charge is 0.0701 e. The third-order valence-electron chi connectivity index (χ3n) is 4.06. The van der Waals surface area contributed by atoms with E-state index < -0.39 is 0 Å². The molecule has 21 heavy (non-hydrogen) atoms. The van der Waals surface area contributed by atoms with E-state index in [9.17, 15) is 0 Å². The van der Waals surface area contributed by atoms with Crippen LogP contribution in [0.5, 0.6) is 0 Å². The van der Waals surface area contributed by atoms with Crippen LogP contribution in [0.15, 0.2) is 0 Å². The first-order valence-corrected chi connectivity index (χ1v) is 8.37. The van der Waals surface area contributed by atoms with E-state index in [2.05, 4.69) is 5.32 Å². The number of hydrogen-bond acceptors (Lipinski definition) is 5. The van der Waals surface area contributed by atoms with Crippen molar-refractivity contribution >= 4 is 0 Å². The molecule has 0 atom stereocenters. The van der Waals surface area contributed by atoms with E-state index in [0.717, 1.165) is 31.0 Å². The van der Waals surface area contributed by atoms with Gasteiger partial charge in [0.1, 0.15) is 0 Å². The number of ether oxygens (including phenoxy) is 4. The minimum atomic E-state index is 0.620. The summed E-state index contributed by atoms with van der Waals surface area (Å²) in [5.74, 6) is 1.91. The fraction of sp³-hybridized carbons (Fsp3) is 1.00. The molecular weight excluding hydrogens is 270 g/mol. The van der Waals surface area contributed by atoms with Crippen LogP contribution >= 0.6 is 0 Å². The minimum Gasteiger partial charge on any atom is -0.382 e. The van der Waals surface area contributed by atoms with Crippen molar-refractivity contribution in [2.45, 2.75) is 31.7 Å². The Balaban J connectivity index is 1.29. The lowest BCUT2D eigenvalue weighted by atomic mass is 10.1. The van der Waals surface area contributed by atoms with Crippen LogP contribution in [0, 0.1) is 11.8 Å². The fourth-order valence-corrected chi connectivity index (χ4v) is 2.61. The van der Waals surface area contributed by atoms with E-state index in [1.165, 1.54) is 25.7 Å². The quantitative estimate of drug-likeness (QED) is 0.464. The van der Waals surface area contributed by atoms with Gasteiger partial charge in [0.2, 0.25) is 0 Å². The van der Waals surface area contributed by atoms with Gasteiger partial charge in [0.25, 0.3) is 0 Å². The van der Waals surface area contributed by atoms with Crippen molar-refractivity contribution in [3.63, 3.8) is 0 Å². The van der Waals surface area contributed by atoms with Crippen molar-refractivity contribution in [2.75, 3.05) is 59.9 Å². The third kappa shape index (κ3) is 8.12. The van der Waals surface area contributed by atoms with Crippen LogP contribution in [0.3, 0.4) is 0 Å². The number of rotatable bonds is 15. The van der Waals surface area contributed by atoms with E-state index in [4.69, 9.17) is 18.9 Å². The van der Waals surface area contributed by atoms with Crippen LogP contribution in [0.1, 0.15) is 25.7 Å². The molecule has 2 aliphatic rings. The second-order valence-electron chi connectivity index (χ2n) is 5.98. The minimum absolute atomic E-state index is 0.620. The molecule has 5 nitrogen and oxygen atoms in total. The zero-order valence-corrected chi connectivity index (χ0v) is 13.4. The topological polar surface area (TPSA) is 49.0 Å². The van der Waals surface area contributed by atoms with Crippen LogP contribution in [-0.2, 0) is 18.9 Å². The zero-order chi connectivity index (χ0) is 14.8. The summed E-state index contributed by atoms with van der Waals surface area (Å²) in [6.07, 6.45) is 5.70. The summed E-state index contributed by atoms with van der Waals surface area (Å²) in [4.78, 5) is 0. The number of methoxy groups -OCH3 is 1. The molecule has 0 aliphatic heterocycles. The molecule has 5 heteroatoms. The summed E-state index contributed by atoms with van der Waals surface area (Å²) in [5, 5.41) is 3.68. The SMILES string of the molecule is COCCOCCOCCOCCNC(C1CC1)C1CC1. The Hall–Kier alpha value is -0.200. The predicted molar refractivity (Wildman–Crippen MR) is 81.6 cm³/mol. The Labute approximate surface area is 128 Å². The number of nitrogens with one attached hydrogen (secondary N) is 1.